The van der Waals surface area contributed by atoms with Gasteiger partial charge in [-0.05, 0) is 55.0 Å². The average molecular weight is 556 g/mol. The van der Waals surface area contributed by atoms with Crippen LogP contribution in [0.25, 0.3) is 0 Å². The Bertz CT molecular complexity index is 1260. The van der Waals surface area contributed by atoms with Crippen molar-refractivity contribution in [3.05, 3.63) is 92.4 Å². The maximum absolute atomic E-state index is 12.6. The van der Waals surface area contributed by atoms with Gasteiger partial charge in [0.2, 0.25) is 0 Å². The highest BCUT2D eigenvalue weighted by molar-refractivity contribution is 9.10. The Kier molecular flexibility index (Phi) is 9.52. The zero-order valence-electron chi connectivity index (χ0n) is 19.2. The quantitative estimate of drug-likeness (QED) is 0.117. The number of benzene rings is 3. The zero-order valence-corrected chi connectivity index (χ0v) is 20.8. The van der Waals surface area contributed by atoms with Crippen LogP contribution in [0.2, 0.25) is 0 Å². The first kappa shape index (κ1) is 26.4. The molecule has 186 valence electrons. The molecular formula is C25H22BrN3O7. The molecule has 3 aromatic rings. The molecule has 0 bridgehead atoms. The maximum Gasteiger partial charge on any atom is 0.343 e. The van der Waals surface area contributed by atoms with E-state index in [9.17, 15) is 19.7 Å². The van der Waals surface area contributed by atoms with E-state index in [1.807, 2.05) is 6.92 Å². The fraction of sp³-hybridized carbons (Fsp3) is 0.160. The molecule has 0 fully saturated rings. The van der Waals surface area contributed by atoms with Gasteiger partial charge in [0.1, 0.15) is 11.5 Å². The van der Waals surface area contributed by atoms with E-state index in [0.29, 0.717) is 28.0 Å². The Hall–Kier alpha value is -4.25. The summed E-state index contributed by atoms with van der Waals surface area (Å²) in [6.45, 7) is 2.10. The molecule has 11 heteroatoms. The first-order valence-electron chi connectivity index (χ1n) is 10.8. The van der Waals surface area contributed by atoms with Crippen molar-refractivity contribution < 1.29 is 28.7 Å². The molecule has 0 atom stereocenters. The summed E-state index contributed by atoms with van der Waals surface area (Å²) in [5.41, 5.74) is 2.77. The molecule has 1 N–H and O–H groups in total. The van der Waals surface area contributed by atoms with Crippen molar-refractivity contribution in [2.45, 2.75) is 13.3 Å². The second-order valence-electron chi connectivity index (χ2n) is 7.25. The van der Waals surface area contributed by atoms with Crippen molar-refractivity contribution in [3.63, 3.8) is 0 Å². The van der Waals surface area contributed by atoms with Crippen molar-refractivity contribution >= 4 is 39.7 Å². The number of carbonyl (C=O) groups is 2. The smallest absolute Gasteiger partial charge is 0.343 e. The molecule has 0 aromatic heterocycles. The third kappa shape index (κ3) is 7.64. The number of ether oxygens (including phenoxy) is 3. The third-order valence-corrected chi connectivity index (χ3v) is 5.04. The number of nitro groups is 1. The van der Waals surface area contributed by atoms with Crippen LogP contribution in [-0.4, -0.2) is 36.2 Å². The molecule has 3 rings (SSSR count). The Labute approximate surface area is 215 Å². The van der Waals surface area contributed by atoms with Crippen molar-refractivity contribution in [1.82, 2.24) is 5.43 Å². The lowest BCUT2D eigenvalue weighted by molar-refractivity contribution is -0.385. The molecule has 0 saturated heterocycles. The number of amides is 1. The second kappa shape index (κ2) is 13.0. The van der Waals surface area contributed by atoms with Crippen LogP contribution in [0.4, 0.5) is 5.69 Å². The number of hydrogen-bond donors (Lipinski definition) is 1. The van der Waals surface area contributed by atoms with E-state index in [2.05, 4.69) is 26.5 Å². The van der Waals surface area contributed by atoms with Gasteiger partial charge in [0, 0.05) is 16.1 Å². The van der Waals surface area contributed by atoms with E-state index in [1.54, 1.807) is 48.5 Å². The summed E-state index contributed by atoms with van der Waals surface area (Å²) in [4.78, 5) is 35.1. The molecule has 1 amide bonds. The Morgan fingerprint density at radius 3 is 2.53 bits per heavy atom. The topological polar surface area (TPSA) is 129 Å². The summed E-state index contributed by atoms with van der Waals surface area (Å²) in [6.07, 6.45) is 2.18. The average Bonchev–Trinajstić information content (AvgIpc) is 2.88. The van der Waals surface area contributed by atoms with Gasteiger partial charge in [0.15, 0.2) is 12.4 Å². The minimum atomic E-state index is -0.636. The predicted octanol–water partition coefficient (Wildman–Crippen LogP) is 4.89. The molecule has 0 unspecified atom stereocenters. The van der Waals surface area contributed by atoms with Crippen molar-refractivity contribution in [3.8, 4) is 17.2 Å². The number of hydrazone groups is 1. The zero-order chi connectivity index (χ0) is 25.9. The molecule has 0 aliphatic carbocycles. The van der Waals surface area contributed by atoms with Crippen LogP contribution in [0.5, 0.6) is 17.2 Å². The van der Waals surface area contributed by atoms with Crippen LogP contribution in [0.1, 0.15) is 29.3 Å². The lowest BCUT2D eigenvalue weighted by Gasteiger charge is -2.09. The second-order valence-corrected chi connectivity index (χ2v) is 8.17. The summed E-state index contributed by atoms with van der Waals surface area (Å²) >= 11 is 3.35. The summed E-state index contributed by atoms with van der Waals surface area (Å²) in [5, 5.41) is 14.9. The van der Waals surface area contributed by atoms with Crippen molar-refractivity contribution in [2.75, 3.05) is 13.2 Å². The van der Waals surface area contributed by atoms with Crippen molar-refractivity contribution in [2.24, 2.45) is 5.10 Å². The van der Waals surface area contributed by atoms with Gasteiger partial charge in [0.25, 0.3) is 5.91 Å². The Morgan fingerprint density at radius 2 is 1.81 bits per heavy atom. The molecule has 10 nitrogen and oxygen atoms in total. The van der Waals surface area contributed by atoms with E-state index in [-0.39, 0.29) is 17.2 Å². The highest BCUT2D eigenvalue weighted by Crippen LogP contribution is 2.26. The lowest BCUT2D eigenvalue weighted by Crippen LogP contribution is -2.24. The van der Waals surface area contributed by atoms with Gasteiger partial charge in [0.05, 0.1) is 23.3 Å². The van der Waals surface area contributed by atoms with Gasteiger partial charge >= 0.3 is 11.7 Å². The summed E-state index contributed by atoms with van der Waals surface area (Å²) < 4.78 is 17.0. The largest absolute Gasteiger partial charge is 0.494 e. The molecule has 0 aliphatic heterocycles. The van der Waals surface area contributed by atoms with Crippen LogP contribution in [0.3, 0.4) is 0 Å². The SMILES string of the molecule is CCCOc1ccc(C(=O)Oc2ccc(Br)cc2/C=N/NC(=O)COc2ccccc2[N+](=O)[O-])cc1. The first-order chi connectivity index (χ1) is 17.4. The summed E-state index contributed by atoms with van der Waals surface area (Å²) in [6, 6.07) is 17.3. The molecule has 36 heavy (non-hydrogen) atoms. The molecular weight excluding hydrogens is 534 g/mol. The standard InChI is InChI=1S/C25H22BrN3O7/c1-2-13-34-20-10-7-17(8-11-20)25(31)36-22-12-9-19(26)14-18(22)15-27-28-24(30)16-35-23-6-4-3-5-21(23)29(32)33/h3-12,14-15H,2,13,16H2,1H3,(H,28,30)/b27-15+. The van der Waals surface area contributed by atoms with Gasteiger partial charge in [-0.1, -0.05) is 35.0 Å². The number of esters is 1. The van der Waals surface area contributed by atoms with Crippen LogP contribution >= 0.6 is 15.9 Å². The van der Waals surface area contributed by atoms with Gasteiger partial charge in [-0.2, -0.15) is 5.10 Å². The first-order valence-corrected chi connectivity index (χ1v) is 11.6. The number of nitrogens with one attached hydrogen (secondary N) is 1. The highest BCUT2D eigenvalue weighted by Gasteiger charge is 2.15. The number of halogens is 1. The van der Waals surface area contributed by atoms with E-state index in [1.165, 1.54) is 24.4 Å². The van der Waals surface area contributed by atoms with Crippen LogP contribution in [0.15, 0.2) is 76.3 Å². The van der Waals surface area contributed by atoms with E-state index >= 15 is 0 Å². The van der Waals surface area contributed by atoms with Crippen LogP contribution < -0.4 is 19.6 Å². The summed E-state index contributed by atoms with van der Waals surface area (Å²) in [7, 11) is 0. The monoisotopic (exact) mass is 555 g/mol. The minimum absolute atomic E-state index is 0.0345. The highest BCUT2D eigenvalue weighted by atomic mass is 79.9. The van der Waals surface area contributed by atoms with Crippen LogP contribution in [0, 0.1) is 10.1 Å². The van der Waals surface area contributed by atoms with E-state index < -0.39 is 23.4 Å². The lowest BCUT2D eigenvalue weighted by atomic mass is 10.2. The molecule has 0 saturated carbocycles. The number of para-hydroxylation sites is 2. The fourth-order valence-corrected chi connectivity index (χ4v) is 3.24. The number of hydrogen-bond acceptors (Lipinski definition) is 8. The third-order valence-electron chi connectivity index (χ3n) is 4.55. The normalized spacial score (nSPS) is 10.6. The van der Waals surface area contributed by atoms with Gasteiger partial charge in [-0.3, -0.25) is 14.9 Å². The molecule has 0 spiro atoms. The number of nitrogens with zero attached hydrogens (tertiary/aromatic N) is 2. The molecule has 0 heterocycles. The van der Waals surface area contributed by atoms with Crippen LogP contribution in [-0.2, 0) is 4.79 Å². The Balaban J connectivity index is 1.61. The molecule has 0 aliphatic rings. The summed E-state index contributed by atoms with van der Waals surface area (Å²) in [5.74, 6) is -0.359. The molecule has 0 radical (unpaired) electrons. The minimum Gasteiger partial charge on any atom is -0.494 e. The van der Waals surface area contributed by atoms with Gasteiger partial charge in [-0.25, -0.2) is 10.2 Å². The molecule has 3 aromatic carbocycles. The maximum atomic E-state index is 12.6. The van der Waals surface area contributed by atoms with E-state index in [0.717, 1.165) is 6.42 Å². The van der Waals surface area contributed by atoms with E-state index in [4.69, 9.17) is 14.2 Å². The predicted molar refractivity (Wildman–Crippen MR) is 136 cm³/mol. The Morgan fingerprint density at radius 1 is 1.06 bits per heavy atom. The van der Waals surface area contributed by atoms with Crippen molar-refractivity contribution in [1.29, 1.82) is 0 Å². The van der Waals surface area contributed by atoms with Gasteiger partial charge in [-0.15, -0.1) is 0 Å². The number of carbonyl (C=O) groups excluding carboxylic acids is 2. The number of rotatable bonds is 11. The van der Waals surface area contributed by atoms with Gasteiger partial charge < -0.3 is 14.2 Å². The number of nitro benzene ring substituents is 1. The fourth-order valence-electron chi connectivity index (χ4n) is 2.86.